The fourth-order valence-electron chi connectivity index (χ4n) is 3.11. The molecule has 0 bridgehead atoms. The first kappa shape index (κ1) is 16.5. The maximum atomic E-state index is 12.5. The largest absolute Gasteiger partial charge is 0.312 e. The van der Waals surface area contributed by atoms with Crippen molar-refractivity contribution in [1.29, 1.82) is 0 Å². The number of hydrogen-bond donors (Lipinski definition) is 0. The second-order valence-electron chi connectivity index (χ2n) is 5.81. The number of halogens is 1. The van der Waals surface area contributed by atoms with Gasteiger partial charge >= 0.3 is 0 Å². The quantitative estimate of drug-likeness (QED) is 0.506. The maximum Gasteiger partial charge on any atom is 0.226 e. The molecule has 0 aliphatic heterocycles. The van der Waals surface area contributed by atoms with Gasteiger partial charge in [-0.2, -0.15) is 0 Å². The van der Waals surface area contributed by atoms with Crippen molar-refractivity contribution in [3.63, 3.8) is 0 Å². The predicted octanol–water partition coefficient (Wildman–Crippen LogP) is 4.87. The lowest BCUT2D eigenvalue weighted by Gasteiger charge is -2.28. The van der Waals surface area contributed by atoms with E-state index in [4.69, 9.17) is 0 Å². The monoisotopic (exact) mass is 351 g/mol. The first-order valence-corrected chi connectivity index (χ1v) is 9.37. The van der Waals surface area contributed by atoms with Crippen LogP contribution in [0.3, 0.4) is 0 Å². The number of amides is 1. The summed E-state index contributed by atoms with van der Waals surface area (Å²) in [4.78, 5) is 14.6. The van der Waals surface area contributed by atoms with Crippen molar-refractivity contribution in [2.45, 2.75) is 58.3 Å². The van der Waals surface area contributed by atoms with Gasteiger partial charge in [0, 0.05) is 24.0 Å². The molecule has 21 heavy (non-hydrogen) atoms. The van der Waals surface area contributed by atoms with E-state index in [1.807, 2.05) is 0 Å². The van der Waals surface area contributed by atoms with Crippen LogP contribution in [0.4, 0.5) is 5.69 Å². The van der Waals surface area contributed by atoms with Crippen LogP contribution in [0.5, 0.6) is 0 Å². The summed E-state index contributed by atoms with van der Waals surface area (Å²) in [5.41, 5.74) is 4.06. The van der Waals surface area contributed by atoms with Crippen molar-refractivity contribution in [2.75, 3.05) is 16.8 Å². The summed E-state index contributed by atoms with van der Waals surface area (Å²) in [6, 6.07) is 6.50. The number of benzene rings is 1. The van der Waals surface area contributed by atoms with E-state index in [0.29, 0.717) is 6.42 Å². The van der Waals surface area contributed by atoms with Crippen LogP contribution >= 0.6 is 15.9 Å². The van der Waals surface area contributed by atoms with Gasteiger partial charge in [0.2, 0.25) is 5.91 Å². The fourth-order valence-corrected chi connectivity index (χ4v) is 3.50. The standard InChI is InChI=1S/C18H26BrNO/c1-2-8-18(21)20(14-6-5-13-19)17-12-7-10-15-9-3-4-11-16(15)17/h7,10,12H,2-6,8-9,11,13-14H2,1H3. The number of rotatable bonds is 7. The second kappa shape index (κ2) is 8.57. The minimum atomic E-state index is 0.283. The summed E-state index contributed by atoms with van der Waals surface area (Å²) in [6.45, 7) is 2.93. The first-order chi connectivity index (χ1) is 10.3. The topological polar surface area (TPSA) is 20.3 Å². The smallest absolute Gasteiger partial charge is 0.226 e. The van der Waals surface area contributed by atoms with Crippen LogP contribution in [0.2, 0.25) is 0 Å². The van der Waals surface area contributed by atoms with Gasteiger partial charge < -0.3 is 4.90 Å². The third-order valence-corrected chi connectivity index (χ3v) is 4.75. The Morgan fingerprint density at radius 1 is 1.24 bits per heavy atom. The normalized spacial score (nSPS) is 13.8. The number of carbonyl (C=O) groups is 1. The van der Waals surface area contributed by atoms with E-state index in [-0.39, 0.29) is 5.91 Å². The average Bonchev–Trinajstić information content (AvgIpc) is 2.51. The average molecular weight is 352 g/mol. The Bertz CT molecular complexity index is 472. The Kier molecular flexibility index (Phi) is 6.75. The summed E-state index contributed by atoms with van der Waals surface area (Å²) in [5.74, 6) is 0.283. The van der Waals surface area contributed by atoms with Crippen molar-refractivity contribution < 1.29 is 4.79 Å². The van der Waals surface area contributed by atoms with Crippen molar-refractivity contribution in [3.8, 4) is 0 Å². The zero-order valence-electron chi connectivity index (χ0n) is 13.0. The number of carbonyl (C=O) groups excluding carboxylic acids is 1. The highest BCUT2D eigenvalue weighted by Gasteiger charge is 2.20. The summed E-state index contributed by atoms with van der Waals surface area (Å²) in [7, 11) is 0. The molecule has 1 aromatic rings. The van der Waals surface area contributed by atoms with Crippen LogP contribution in [0.15, 0.2) is 18.2 Å². The van der Waals surface area contributed by atoms with Gasteiger partial charge in [-0.25, -0.2) is 0 Å². The number of fused-ring (bicyclic) bond motifs is 1. The third-order valence-electron chi connectivity index (χ3n) is 4.19. The van der Waals surface area contributed by atoms with Crippen LogP contribution in [0, 0.1) is 0 Å². The summed E-state index contributed by atoms with van der Waals surface area (Å²) in [6.07, 6.45) is 8.57. The molecule has 0 saturated carbocycles. The molecule has 1 amide bonds. The predicted molar refractivity (Wildman–Crippen MR) is 93.4 cm³/mol. The molecule has 0 fully saturated rings. The molecule has 1 aliphatic carbocycles. The molecule has 0 saturated heterocycles. The van der Waals surface area contributed by atoms with E-state index in [1.54, 1.807) is 0 Å². The Morgan fingerprint density at radius 3 is 2.81 bits per heavy atom. The minimum Gasteiger partial charge on any atom is -0.312 e. The molecule has 2 nitrogen and oxygen atoms in total. The van der Waals surface area contributed by atoms with Gasteiger partial charge in [0.15, 0.2) is 0 Å². The highest BCUT2D eigenvalue weighted by atomic mass is 79.9. The van der Waals surface area contributed by atoms with E-state index >= 15 is 0 Å². The van der Waals surface area contributed by atoms with Gasteiger partial charge in [0.25, 0.3) is 0 Å². The number of nitrogens with zero attached hydrogens (tertiary/aromatic N) is 1. The lowest BCUT2D eigenvalue weighted by atomic mass is 9.90. The van der Waals surface area contributed by atoms with Crippen LogP contribution < -0.4 is 4.90 Å². The Labute approximate surface area is 137 Å². The highest BCUT2D eigenvalue weighted by molar-refractivity contribution is 9.09. The lowest BCUT2D eigenvalue weighted by Crippen LogP contribution is -2.33. The van der Waals surface area contributed by atoms with Crippen molar-refractivity contribution in [3.05, 3.63) is 29.3 Å². The number of anilines is 1. The number of hydrogen-bond acceptors (Lipinski definition) is 1. The molecule has 116 valence electrons. The van der Waals surface area contributed by atoms with Gasteiger partial charge in [0.1, 0.15) is 0 Å². The Balaban J connectivity index is 2.24. The number of alkyl halides is 1. The van der Waals surface area contributed by atoms with E-state index in [1.165, 1.54) is 36.1 Å². The maximum absolute atomic E-state index is 12.5. The first-order valence-electron chi connectivity index (χ1n) is 8.25. The number of unbranched alkanes of at least 4 members (excludes halogenated alkanes) is 1. The molecule has 3 heteroatoms. The van der Waals surface area contributed by atoms with Crippen LogP contribution in [-0.4, -0.2) is 17.8 Å². The van der Waals surface area contributed by atoms with E-state index in [0.717, 1.165) is 37.6 Å². The lowest BCUT2D eigenvalue weighted by molar-refractivity contribution is -0.118. The highest BCUT2D eigenvalue weighted by Crippen LogP contribution is 2.31. The van der Waals surface area contributed by atoms with Gasteiger partial charge in [-0.1, -0.05) is 35.0 Å². The molecule has 0 atom stereocenters. The van der Waals surface area contributed by atoms with Gasteiger partial charge in [-0.15, -0.1) is 0 Å². The molecule has 2 rings (SSSR count). The Morgan fingerprint density at radius 2 is 2.05 bits per heavy atom. The molecular weight excluding hydrogens is 326 g/mol. The van der Waals surface area contributed by atoms with Crippen molar-refractivity contribution in [1.82, 2.24) is 0 Å². The zero-order valence-corrected chi connectivity index (χ0v) is 14.6. The van der Waals surface area contributed by atoms with Gasteiger partial charge in [0.05, 0.1) is 0 Å². The van der Waals surface area contributed by atoms with Crippen molar-refractivity contribution in [2.24, 2.45) is 0 Å². The van der Waals surface area contributed by atoms with Gasteiger partial charge in [-0.3, -0.25) is 4.79 Å². The van der Waals surface area contributed by atoms with Crippen LogP contribution in [0.1, 0.15) is 56.6 Å². The fraction of sp³-hybridized carbons (Fsp3) is 0.611. The van der Waals surface area contributed by atoms with Gasteiger partial charge in [-0.05, 0) is 62.1 Å². The van der Waals surface area contributed by atoms with Crippen LogP contribution in [0.25, 0.3) is 0 Å². The molecular formula is C18H26BrNO. The minimum absolute atomic E-state index is 0.283. The Hall–Kier alpha value is -0.830. The second-order valence-corrected chi connectivity index (χ2v) is 6.61. The molecule has 1 aromatic carbocycles. The molecule has 0 aromatic heterocycles. The third kappa shape index (κ3) is 4.32. The van der Waals surface area contributed by atoms with E-state index < -0.39 is 0 Å². The molecule has 0 radical (unpaired) electrons. The van der Waals surface area contributed by atoms with E-state index in [9.17, 15) is 4.79 Å². The van der Waals surface area contributed by atoms with E-state index in [2.05, 4.69) is 46.0 Å². The number of aryl methyl sites for hydroxylation is 1. The molecule has 0 spiro atoms. The molecule has 0 heterocycles. The molecule has 1 aliphatic rings. The molecule has 0 unspecified atom stereocenters. The SMILES string of the molecule is CCCC(=O)N(CCCCBr)c1cccc2c1CCCC2. The molecule has 0 N–H and O–H groups in total. The summed E-state index contributed by atoms with van der Waals surface area (Å²) < 4.78 is 0. The zero-order chi connectivity index (χ0) is 15.1. The van der Waals surface area contributed by atoms with Crippen LogP contribution in [-0.2, 0) is 17.6 Å². The summed E-state index contributed by atoms with van der Waals surface area (Å²) in [5, 5.41) is 1.01. The van der Waals surface area contributed by atoms with Crippen molar-refractivity contribution >= 4 is 27.5 Å². The summed E-state index contributed by atoms with van der Waals surface area (Å²) >= 11 is 3.48.